The summed E-state index contributed by atoms with van der Waals surface area (Å²) in [7, 11) is -1.83. The summed E-state index contributed by atoms with van der Waals surface area (Å²) >= 11 is 0. The molecule has 0 spiro atoms. The zero-order valence-corrected chi connectivity index (χ0v) is 37.1. The van der Waals surface area contributed by atoms with Gasteiger partial charge in [0.2, 0.25) is 0 Å². The van der Waals surface area contributed by atoms with Crippen LogP contribution < -0.4 is 0 Å². The molecule has 1 aliphatic carbocycles. The van der Waals surface area contributed by atoms with Crippen LogP contribution in [0.4, 0.5) is 0 Å². The first kappa shape index (κ1) is 49.1. The van der Waals surface area contributed by atoms with E-state index in [9.17, 15) is 0 Å². The Morgan fingerprint density at radius 1 is 0.442 bits per heavy atom. The Kier molecular flexibility index (Phi) is 31.5. The van der Waals surface area contributed by atoms with E-state index < -0.39 is 8.32 Å². The van der Waals surface area contributed by atoms with Gasteiger partial charge < -0.3 is 13.9 Å². The summed E-state index contributed by atoms with van der Waals surface area (Å²) in [4.78, 5) is 0. The highest BCUT2D eigenvalue weighted by atomic mass is 28.4. The molecule has 0 aliphatic heterocycles. The molecule has 0 N–H and O–H groups in total. The maximum atomic E-state index is 6.94. The topological polar surface area (TPSA) is 27.7 Å². The maximum Gasteiger partial charge on any atom is 0.192 e. The Morgan fingerprint density at radius 2 is 0.769 bits per heavy atom. The van der Waals surface area contributed by atoms with E-state index in [2.05, 4.69) is 96.3 Å². The summed E-state index contributed by atoms with van der Waals surface area (Å²) in [6.07, 6.45) is 53.4. The second-order valence-electron chi connectivity index (χ2n) is 17.4. The molecule has 0 heterocycles. The quantitative estimate of drug-likeness (QED) is 0.0373. The second-order valence-corrected chi connectivity index (χ2v) is 22.1. The van der Waals surface area contributed by atoms with Crippen LogP contribution in [-0.4, -0.2) is 39.8 Å². The van der Waals surface area contributed by atoms with Crippen molar-refractivity contribution in [2.75, 3.05) is 13.2 Å². The molecule has 3 nitrogen and oxygen atoms in total. The summed E-state index contributed by atoms with van der Waals surface area (Å²) in [6.45, 7) is 18.1. The zero-order chi connectivity index (χ0) is 38.0. The smallest absolute Gasteiger partial charge is 0.192 e. The van der Waals surface area contributed by atoms with Gasteiger partial charge in [0, 0.05) is 19.3 Å². The van der Waals surface area contributed by atoms with E-state index in [-0.39, 0.29) is 23.4 Å². The Balaban J connectivity index is 2.23. The minimum absolute atomic E-state index is 0.222. The Hall–Kier alpha value is -0.943. The normalized spacial score (nSPS) is 19.0. The molecule has 0 amide bonds. The molecule has 1 aliphatic rings. The van der Waals surface area contributed by atoms with E-state index >= 15 is 0 Å². The summed E-state index contributed by atoms with van der Waals surface area (Å²) < 4.78 is 20.0. The van der Waals surface area contributed by atoms with E-state index in [1.54, 1.807) is 0 Å². The van der Waals surface area contributed by atoms with Gasteiger partial charge in [0.15, 0.2) is 8.32 Å². The van der Waals surface area contributed by atoms with Gasteiger partial charge in [0.25, 0.3) is 0 Å². The number of hydrogen-bond donors (Lipinski definition) is 0. The van der Waals surface area contributed by atoms with E-state index in [0.717, 1.165) is 45.3 Å². The third kappa shape index (κ3) is 28.5. The van der Waals surface area contributed by atoms with Crippen LogP contribution >= 0.6 is 0 Å². The van der Waals surface area contributed by atoms with Crippen LogP contribution in [0.3, 0.4) is 0 Å². The average molecular weight is 743 g/mol. The second kappa shape index (κ2) is 33.4. The third-order valence-corrected chi connectivity index (χ3v) is 15.8. The van der Waals surface area contributed by atoms with Crippen molar-refractivity contribution >= 4 is 8.32 Å². The SMILES string of the molecule is CCCCC/C=C\C/C=C\CCCCCCCCOC1CC(OCCCCCCCC/C=C\C/C=C\CCCCC)CC(O[Si](C)(C)C(C)(C)C)C1. The van der Waals surface area contributed by atoms with Gasteiger partial charge in [0.1, 0.15) is 0 Å². The van der Waals surface area contributed by atoms with Gasteiger partial charge in [-0.05, 0) is 114 Å². The van der Waals surface area contributed by atoms with Crippen molar-refractivity contribution in [3.05, 3.63) is 48.6 Å². The minimum Gasteiger partial charge on any atom is -0.414 e. The number of ether oxygens (including phenoxy) is 2. The van der Waals surface area contributed by atoms with Crippen LogP contribution in [0.1, 0.15) is 208 Å². The van der Waals surface area contributed by atoms with Gasteiger partial charge in [0.05, 0.1) is 12.2 Å². The van der Waals surface area contributed by atoms with E-state index in [1.165, 1.54) is 141 Å². The lowest BCUT2D eigenvalue weighted by atomic mass is 9.92. The van der Waals surface area contributed by atoms with Crippen molar-refractivity contribution in [2.24, 2.45) is 0 Å². The Labute approximate surface area is 327 Å². The highest BCUT2D eigenvalue weighted by molar-refractivity contribution is 6.74. The van der Waals surface area contributed by atoms with Crippen molar-refractivity contribution in [1.82, 2.24) is 0 Å². The molecule has 4 heteroatoms. The van der Waals surface area contributed by atoms with Crippen LogP contribution in [0.15, 0.2) is 48.6 Å². The lowest BCUT2D eigenvalue weighted by Gasteiger charge is -2.43. The van der Waals surface area contributed by atoms with Crippen LogP contribution in [0, 0.1) is 0 Å². The predicted molar refractivity (Wildman–Crippen MR) is 234 cm³/mol. The Bertz CT molecular complexity index is 840. The predicted octanol–water partition coefficient (Wildman–Crippen LogP) is 16.0. The van der Waals surface area contributed by atoms with Crippen LogP contribution in [0.2, 0.25) is 18.1 Å². The van der Waals surface area contributed by atoms with Crippen molar-refractivity contribution in [3.8, 4) is 0 Å². The van der Waals surface area contributed by atoms with E-state index in [0.29, 0.717) is 0 Å². The largest absolute Gasteiger partial charge is 0.414 e. The fraction of sp³-hybridized carbons (Fsp3) is 0.833. The standard InChI is InChI=1S/C48H90O3Si/c1-8-10-12-14-16-18-20-22-24-26-28-30-32-34-36-38-40-49-45-42-46(44-47(43-45)51-52(6,7)48(3,4)5)50-41-39-37-35-33-31-29-27-25-23-21-19-17-15-13-11-9-2/h16-19,22-25,45-47H,8-15,20-21,26-44H2,1-7H3/b18-16-,19-17-,24-22-,25-23-. The molecule has 0 aromatic heterocycles. The molecule has 2 atom stereocenters. The molecule has 0 aromatic carbocycles. The highest BCUT2D eigenvalue weighted by Gasteiger charge is 2.41. The number of allylic oxidation sites excluding steroid dienone is 8. The van der Waals surface area contributed by atoms with Crippen LogP contribution in [-0.2, 0) is 13.9 Å². The molecule has 1 rings (SSSR count). The molecule has 1 saturated carbocycles. The third-order valence-electron chi connectivity index (χ3n) is 11.2. The Morgan fingerprint density at radius 3 is 1.13 bits per heavy atom. The molecular weight excluding hydrogens is 653 g/mol. The molecule has 1 fully saturated rings. The lowest BCUT2D eigenvalue weighted by Crippen LogP contribution is -2.47. The highest BCUT2D eigenvalue weighted by Crippen LogP contribution is 2.39. The van der Waals surface area contributed by atoms with Gasteiger partial charge in [-0.3, -0.25) is 0 Å². The van der Waals surface area contributed by atoms with Gasteiger partial charge in [-0.15, -0.1) is 0 Å². The summed E-state index contributed by atoms with van der Waals surface area (Å²) in [5, 5.41) is 0.222. The summed E-state index contributed by atoms with van der Waals surface area (Å²) in [6, 6.07) is 0. The number of hydrogen-bond acceptors (Lipinski definition) is 3. The zero-order valence-electron chi connectivity index (χ0n) is 36.1. The van der Waals surface area contributed by atoms with Crippen molar-refractivity contribution < 1.29 is 13.9 Å². The molecule has 0 radical (unpaired) electrons. The van der Waals surface area contributed by atoms with E-state index in [4.69, 9.17) is 13.9 Å². The summed E-state index contributed by atoms with van der Waals surface area (Å²) in [5.41, 5.74) is 0. The molecule has 0 aromatic rings. The van der Waals surface area contributed by atoms with Crippen LogP contribution in [0.5, 0.6) is 0 Å². The molecule has 0 bridgehead atoms. The number of rotatable bonds is 34. The lowest BCUT2D eigenvalue weighted by molar-refractivity contribution is -0.0800. The molecular formula is C48H90O3Si. The maximum absolute atomic E-state index is 6.94. The van der Waals surface area contributed by atoms with Gasteiger partial charge in [-0.25, -0.2) is 0 Å². The molecule has 2 unspecified atom stereocenters. The van der Waals surface area contributed by atoms with Gasteiger partial charge in [-0.1, -0.05) is 160 Å². The first-order valence-corrected chi connectivity index (χ1v) is 25.6. The van der Waals surface area contributed by atoms with Crippen molar-refractivity contribution in [1.29, 1.82) is 0 Å². The monoisotopic (exact) mass is 743 g/mol. The molecule has 0 saturated heterocycles. The minimum atomic E-state index is -1.83. The van der Waals surface area contributed by atoms with Gasteiger partial charge >= 0.3 is 0 Å². The fourth-order valence-corrected chi connectivity index (χ4v) is 8.19. The van der Waals surface area contributed by atoms with Crippen LogP contribution in [0.25, 0.3) is 0 Å². The van der Waals surface area contributed by atoms with Gasteiger partial charge in [-0.2, -0.15) is 0 Å². The molecule has 304 valence electrons. The summed E-state index contributed by atoms with van der Waals surface area (Å²) in [5.74, 6) is 0. The fourth-order valence-electron chi connectivity index (χ4n) is 6.81. The number of unbranched alkanes of at least 4 members (excludes halogenated alkanes) is 18. The first-order valence-electron chi connectivity index (χ1n) is 22.7. The van der Waals surface area contributed by atoms with E-state index in [1.807, 2.05) is 0 Å². The van der Waals surface area contributed by atoms with Crippen molar-refractivity contribution in [2.45, 2.75) is 244 Å². The van der Waals surface area contributed by atoms with Crippen molar-refractivity contribution in [3.63, 3.8) is 0 Å². The molecule has 52 heavy (non-hydrogen) atoms. The first-order chi connectivity index (χ1) is 25.2. The average Bonchev–Trinajstić information content (AvgIpc) is 3.10.